The van der Waals surface area contributed by atoms with E-state index < -0.39 is 4.92 Å². The zero-order valence-corrected chi connectivity index (χ0v) is 13.2. The lowest BCUT2D eigenvalue weighted by Gasteiger charge is -2.36. The Balaban J connectivity index is 1.52. The fourth-order valence-corrected chi connectivity index (χ4v) is 2.82. The topological polar surface area (TPSA) is 84.5 Å². The molecule has 0 atom stereocenters. The molecule has 2 heterocycles. The van der Waals surface area contributed by atoms with E-state index in [-0.39, 0.29) is 11.6 Å². The number of benzene rings is 1. The van der Waals surface area contributed by atoms with Gasteiger partial charge in [0.2, 0.25) is 5.91 Å². The average Bonchev–Trinajstić information content (AvgIpc) is 3.13. The summed E-state index contributed by atoms with van der Waals surface area (Å²) in [6, 6.07) is 8.45. The van der Waals surface area contributed by atoms with Gasteiger partial charge in [-0.1, -0.05) is 6.07 Å². The number of amides is 1. The summed E-state index contributed by atoms with van der Waals surface area (Å²) in [5, 5.41) is 15.0. The molecule has 0 spiro atoms. The van der Waals surface area contributed by atoms with Crippen LogP contribution in [0.2, 0.25) is 0 Å². The van der Waals surface area contributed by atoms with Gasteiger partial charge in [0.1, 0.15) is 0 Å². The van der Waals surface area contributed by atoms with Crippen LogP contribution in [0.15, 0.2) is 42.7 Å². The van der Waals surface area contributed by atoms with E-state index in [1.54, 1.807) is 23.0 Å². The number of hydrogen-bond donors (Lipinski definition) is 0. The molecule has 1 aromatic carbocycles. The van der Waals surface area contributed by atoms with E-state index in [1.165, 1.54) is 6.07 Å². The van der Waals surface area contributed by atoms with Crippen LogP contribution < -0.4 is 4.90 Å². The lowest BCUT2D eigenvalue weighted by Crippen LogP contribution is -2.49. The Morgan fingerprint density at radius 1 is 1.21 bits per heavy atom. The van der Waals surface area contributed by atoms with Crippen LogP contribution in [0.25, 0.3) is 0 Å². The highest BCUT2D eigenvalue weighted by Gasteiger charge is 2.22. The van der Waals surface area contributed by atoms with Crippen LogP contribution >= 0.6 is 0 Å². The Morgan fingerprint density at radius 3 is 2.67 bits per heavy atom. The number of nitro groups is 1. The van der Waals surface area contributed by atoms with Crippen LogP contribution in [0.4, 0.5) is 11.4 Å². The van der Waals surface area contributed by atoms with Gasteiger partial charge < -0.3 is 9.80 Å². The summed E-state index contributed by atoms with van der Waals surface area (Å²) < 4.78 is 1.75. The molecule has 8 heteroatoms. The second kappa shape index (κ2) is 7.12. The first kappa shape index (κ1) is 16.0. The van der Waals surface area contributed by atoms with Crippen molar-refractivity contribution in [2.75, 3.05) is 31.1 Å². The van der Waals surface area contributed by atoms with E-state index in [4.69, 9.17) is 0 Å². The maximum absolute atomic E-state index is 12.3. The van der Waals surface area contributed by atoms with Crippen molar-refractivity contribution in [1.29, 1.82) is 0 Å². The Labute approximate surface area is 139 Å². The molecule has 1 aliphatic rings. The predicted molar refractivity (Wildman–Crippen MR) is 88.7 cm³/mol. The Bertz CT molecular complexity index is 708. The first-order valence-corrected chi connectivity index (χ1v) is 7.88. The van der Waals surface area contributed by atoms with Crippen LogP contribution in [0.1, 0.15) is 6.42 Å². The van der Waals surface area contributed by atoms with Gasteiger partial charge in [0.05, 0.1) is 4.92 Å². The number of aromatic nitrogens is 2. The number of anilines is 1. The predicted octanol–water partition coefficient (Wildman–Crippen LogP) is 1.53. The fraction of sp³-hybridized carbons (Fsp3) is 0.375. The Morgan fingerprint density at radius 2 is 2.00 bits per heavy atom. The number of carbonyl (C=O) groups is 1. The monoisotopic (exact) mass is 329 g/mol. The van der Waals surface area contributed by atoms with Crippen molar-refractivity contribution in [3.8, 4) is 0 Å². The maximum Gasteiger partial charge on any atom is 0.271 e. The highest BCUT2D eigenvalue weighted by atomic mass is 16.6. The fourth-order valence-electron chi connectivity index (χ4n) is 2.82. The summed E-state index contributed by atoms with van der Waals surface area (Å²) in [5.74, 6) is 0.115. The molecule has 8 nitrogen and oxygen atoms in total. The lowest BCUT2D eigenvalue weighted by molar-refractivity contribution is -0.384. The number of piperazine rings is 1. The van der Waals surface area contributed by atoms with E-state index in [1.807, 2.05) is 23.2 Å². The van der Waals surface area contributed by atoms with Gasteiger partial charge in [-0.2, -0.15) is 5.10 Å². The van der Waals surface area contributed by atoms with Crippen molar-refractivity contribution in [3.63, 3.8) is 0 Å². The number of aryl methyl sites for hydroxylation is 1. The molecular weight excluding hydrogens is 310 g/mol. The largest absolute Gasteiger partial charge is 0.368 e. The second-order valence-corrected chi connectivity index (χ2v) is 5.66. The number of nitrogens with zero attached hydrogens (tertiary/aromatic N) is 5. The highest BCUT2D eigenvalue weighted by Crippen LogP contribution is 2.22. The minimum Gasteiger partial charge on any atom is -0.368 e. The molecule has 0 radical (unpaired) electrons. The SMILES string of the molecule is O=C(CCn1cccn1)N1CCN(c2cccc([N+](=O)[O-])c2)CC1. The molecule has 24 heavy (non-hydrogen) atoms. The van der Waals surface area contributed by atoms with Gasteiger partial charge in [-0.3, -0.25) is 19.6 Å². The lowest BCUT2D eigenvalue weighted by atomic mass is 10.2. The minimum atomic E-state index is -0.390. The van der Waals surface area contributed by atoms with Gasteiger partial charge in [0.15, 0.2) is 0 Å². The molecule has 126 valence electrons. The number of carbonyl (C=O) groups excluding carboxylic acids is 1. The van der Waals surface area contributed by atoms with Gasteiger partial charge >= 0.3 is 0 Å². The van der Waals surface area contributed by atoms with Crippen LogP contribution in [0.5, 0.6) is 0 Å². The number of non-ortho nitro benzene ring substituents is 1. The molecule has 0 saturated carbocycles. The summed E-state index contributed by atoms with van der Waals surface area (Å²) in [4.78, 5) is 26.7. The van der Waals surface area contributed by atoms with Gasteiger partial charge in [-0.05, 0) is 12.1 Å². The van der Waals surface area contributed by atoms with Crippen LogP contribution in [0, 0.1) is 10.1 Å². The van der Waals surface area contributed by atoms with E-state index in [9.17, 15) is 14.9 Å². The normalized spacial score (nSPS) is 14.7. The number of nitro benzene ring substituents is 1. The van der Waals surface area contributed by atoms with Crippen molar-refractivity contribution < 1.29 is 9.72 Å². The van der Waals surface area contributed by atoms with Crippen molar-refractivity contribution in [2.24, 2.45) is 0 Å². The Kier molecular flexibility index (Phi) is 4.74. The third kappa shape index (κ3) is 3.70. The van der Waals surface area contributed by atoms with Crippen molar-refractivity contribution >= 4 is 17.3 Å². The summed E-state index contributed by atoms with van der Waals surface area (Å²) in [7, 11) is 0. The van der Waals surface area contributed by atoms with Crippen molar-refractivity contribution in [1.82, 2.24) is 14.7 Å². The van der Waals surface area contributed by atoms with Crippen LogP contribution in [0.3, 0.4) is 0 Å². The third-order valence-corrected chi connectivity index (χ3v) is 4.15. The summed E-state index contributed by atoms with van der Waals surface area (Å²) in [6.07, 6.45) is 3.97. The van der Waals surface area contributed by atoms with E-state index >= 15 is 0 Å². The summed E-state index contributed by atoms with van der Waals surface area (Å²) in [5.41, 5.74) is 0.915. The van der Waals surface area contributed by atoms with Gasteiger partial charge in [0, 0.05) is 69.4 Å². The van der Waals surface area contributed by atoms with Gasteiger partial charge in [0.25, 0.3) is 5.69 Å². The zero-order valence-electron chi connectivity index (χ0n) is 13.2. The quantitative estimate of drug-likeness (QED) is 0.613. The van der Waals surface area contributed by atoms with Crippen LogP contribution in [-0.4, -0.2) is 51.7 Å². The first-order valence-electron chi connectivity index (χ1n) is 7.88. The summed E-state index contributed by atoms with van der Waals surface area (Å²) >= 11 is 0. The molecular formula is C16H19N5O3. The molecule has 1 fully saturated rings. The molecule has 1 amide bonds. The molecule has 0 aliphatic carbocycles. The first-order chi connectivity index (χ1) is 11.6. The summed E-state index contributed by atoms with van der Waals surface area (Å²) in [6.45, 7) is 3.18. The number of hydrogen-bond acceptors (Lipinski definition) is 5. The molecule has 3 rings (SSSR count). The highest BCUT2D eigenvalue weighted by molar-refractivity contribution is 5.76. The third-order valence-electron chi connectivity index (χ3n) is 4.15. The van der Waals surface area contributed by atoms with E-state index in [0.29, 0.717) is 39.1 Å². The standard InChI is InChI=1S/C16H19N5O3/c22-16(5-8-20-7-2-6-17-20)19-11-9-18(10-12-19)14-3-1-4-15(13-14)21(23)24/h1-4,6-7,13H,5,8-12H2. The molecule has 2 aromatic rings. The van der Waals surface area contributed by atoms with Crippen molar-refractivity contribution in [3.05, 3.63) is 52.8 Å². The molecule has 0 unspecified atom stereocenters. The minimum absolute atomic E-state index is 0.0882. The van der Waals surface area contributed by atoms with E-state index in [2.05, 4.69) is 10.00 Å². The van der Waals surface area contributed by atoms with Crippen LogP contribution in [-0.2, 0) is 11.3 Å². The van der Waals surface area contributed by atoms with Crippen molar-refractivity contribution in [2.45, 2.75) is 13.0 Å². The molecule has 1 aromatic heterocycles. The smallest absolute Gasteiger partial charge is 0.271 e. The molecule has 0 N–H and O–H groups in total. The molecule has 0 bridgehead atoms. The molecule has 1 aliphatic heterocycles. The Hall–Kier alpha value is -2.90. The maximum atomic E-state index is 12.3. The zero-order chi connectivity index (χ0) is 16.9. The second-order valence-electron chi connectivity index (χ2n) is 5.66. The van der Waals surface area contributed by atoms with Gasteiger partial charge in [-0.15, -0.1) is 0 Å². The van der Waals surface area contributed by atoms with Gasteiger partial charge in [-0.25, -0.2) is 0 Å². The molecule has 1 saturated heterocycles. The number of rotatable bonds is 5. The van der Waals surface area contributed by atoms with E-state index in [0.717, 1.165) is 5.69 Å². The average molecular weight is 329 g/mol.